The molecule has 0 saturated carbocycles. The van der Waals surface area contributed by atoms with Gasteiger partial charge in [0.25, 0.3) is 5.97 Å². The summed E-state index contributed by atoms with van der Waals surface area (Å²) in [6.07, 6.45) is 4.94. The number of aryl methyl sites for hydroxylation is 1. The first-order valence-electron chi connectivity index (χ1n) is 9.13. The Kier molecular flexibility index (Phi) is 7.07. The van der Waals surface area contributed by atoms with E-state index in [0.717, 1.165) is 25.7 Å². The van der Waals surface area contributed by atoms with E-state index >= 15 is 0 Å². The molecule has 0 unspecified atom stereocenters. The molecule has 1 aliphatic carbocycles. The summed E-state index contributed by atoms with van der Waals surface area (Å²) < 4.78 is 5.22. The minimum atomic E-state index is -0.833. The maximum Gasteiger partial charge on any atom is 0.300 e. The second-order valence-corrected chi connectivity index (χ2v) is 6.90. The minimum absolute atomic E-state index is 0.278. The van der Waals surface area contributed by atoms with Crippen LogP contribution in [-0.4, -0.2) is 22.8 Å². The molecule has 0 atom stereocenters. The van der Waals surface area contributed by atoms with Crippen LogP contribution in [0.1, 0.15) is 55.4 Å². The number of aromatic hydroxyl groups is 1. The van der Waals surface area contributed by atoms with Crippen molar-refractivity contribution in [2.75, 3.05) is 6.61 Å². The fourth-order valence-corrected chi connectivity index (χ4v) is 3.35. The van der Waals surface area contributed by atoms with Gasteiger partial charge in [-0.15, -0.1) is 0 Å². The summed E-state index contributed by atoms with van der Waals surface area (Å²) >= 11 is 0. The van der Waals surface area contributed by atoms with E-state index in [2.05, 4.69) is 32.0 Å². The lowest BCUT2D eigenvalue weighted by atomic mass is 9.95. The predicted molar refractivity (Wildman–Crippen MR) is 103 cm³/mol. The molecular weight excluding hydrogens is 328 g/mol. The third-order valence-electron chi connectivity index (χ3n) is 4.48. The summed E-state index contributed by atoms with van der Waals surface area (Å²) in [6.45, 7) is 6.40. The van der Waals surface area contributed by atoms with Gasteiger partial charge in [0, 0.05) is 19.4 Å². The molecule has 1 heterocycles. The molecule has 140 valence electrons. The van der Waals surface area contributed by atoms with Crippen LogP contribution >= 0.6 is 0 Å². The van der Waals surface area contributed by atoms with E-state index in [1.165, 1.54) is 24.8 Å². The van der Waals surface area contributed by atoms with Gasteiger partial charge >= 0.3 is 0 Å². The fourth-order valence-electron chi connectivity index (χ4n) is 3.35. The molecule has 1 aliphatic heterocycles. The molecule has 2 aromatic carbocycles. The highest BCUT2D eigenvalue weighted by Gasteiger charge is 2.15. The van der Waals surface area contributed by atoms with Crippen LogP contribution in [0.4, 0.5) is 0 Å². The van der Waals surface area contributed by atoms with Crippen molar-refractivity contribution in [3.05, 3.63) is 58.7 Å². The molecule has 2 aromatic rings. The fraction of sp³-hybridized carbons (Fsp3) is 0.409. The highest BCUT2D eigenvalue weighted by Crippen LogP contribution is 2.29. The number of aliphatic carboxylic acids is 1. The highest BCUT2D eigenvalue weighted by molar-refractivity contribution is 5.62. The summed E-state index contributed by atoms with van der Waals surface area (Å²) in [5.41, 5.74) is 6.01. The molecule has 4 rings (SSSR count). The van der Waals surface area contributed by atoms with Gasteiger partial charge in [-0.2, -0.15) is 0 Å². The van der Waals surface area contributed by atoms with E-state index in [-0.39, 0.29) is 5.75 Å². The van der Waals surface area contributed by atoms with Crippen LogP contribution in [-0.2, 0) is 24.1 Å². The Bertz CT molecular complexity index is 746. The molecule has 0 fully saturated rings. The first-order valence-corrected chi connectivity index (χ1v) is 9.13. The largest absolute Gasteiger partial charge is 0.508 e. The smallest absolute Gasteiger partial charge is 0.300 e. The van der Waals surface area contributed by atoms with Crippen LogP contribution < -0.4 is 4.74 Å². The van der Waals surface area contributed by atoms with Gasteiger partial charge in [0.15, 0.2) is 0 Å². The van der Waals surface area contributed by atoms with Gasteiger partial charge in [0.2, 0.25) is 0 Å². The highest BCUT2D eigenvalue weighted by atomic mass is 16.5. The second-order valence-electron chi connectivity index (χ2n) is 6.90. The molecule has 2 aliphatic rings. The molecule has 4 heteroatoms. The number of rotatable bonds is 1. The lowest BCUT2D eigenvalue weighted by molar-refractivity contribution is -0.134. The Morgan fingerprint density at radius 2 is 1.81 bits per heavy atom. The lowest BCUT2D eigenvalue weighted by Crippen LogP contribution is -1.94. The van der Waals surface area contributed by atoms with Gasteiger partial charge in [-0.1, -0.05) is 38.1 Å². The normalized spacial score (nSPS) is 13.5. The number of hydrogen-bond acceptors (Lipinski definition) is 3. The Hall–Kier alpha value is -2.49. The van der Waals surface area contributed by atoms with Crippen molar-refractivity contribution < 1.29 is 19.7 Å². The van der Waals surface area contributed by atoms with Crippen molar-refractivity contribution in [1.82, 2.24) is 0 Å². The van der Waals surface area contributed by atoms with Gasteiger partial charge in [-0.3, -0.25) is 4.79 Å². The zero-order valence-corrected chi connectivity index (χ0v) is 15.8. The zero-order chi connectivity index (χ0) is 19.1. The zero-order valence-electron chi connectivity index (χ0n) is 15.8. The Morgan fingerprint density at radius 3 is 2.50 bits per heavy atom. The summed E-state index contributed by atoms with van der Waals surface area (Å²) in [7, 11) is 0. The molecule has 0 radical (unpaired) electrons. The summed E-state index contributed by atoms with van der Waals surface area (Å²) in [5.74, 6) is 0.971. The van der Waals surface area contributed by atoms with Crippen molar-refractivity contribution in [3.8, 4) is 11.5 Å². The summed E-state index contributed by atoms with van der Waals surface area (Å²) in [6, 6.07) is 12.0. The predicted octanol–water partition coefficient (Wildman–Crippen LogP) is 4.72. The Labute approximate surface area is 155 Å². The first-order chi connectivity index (χ1) is 12.4. The van der Waals surface area contributed by atoms with Crippen molar-refractivity contribution in [2.45, 2.75) is 52.4 Å². The first kappa shape index (κ1) is 19.8. The van der Waals surface area contributed by atoms with E-state index in [4.69, 9.17) is 19.7 Å². The maximum atomic E-state index is 9.02. The minimum Gasteiger partial charge on any atom is -0.508 e. The van der Waals surface area contributed by atoms with Crippen molar-refractivity contribution >= 4 is 5.97 Å². The average Bonchev–Trinajstić information content (AvgIpc) is 3.22. The molecule has 26 heavy (non-hydrogen) atoms. The van der Waals surface area contributed by atoms with Gasteiger partial charge in [0.1, 0.15) is 11.5 Å². The molecule has 0 amide bonds. The third-order valence-corrected chi connectivity index (χ3v) is 4.48. The SMILES string of the molecule is CC(=O)O.CC(C)c1cccc2c1CCC2.Oc1ccc2c(c1)OCC2. The van der Waals surface area contributed by atoms with Gasteiger partial charge in [0.05, 0.1) is 6.61 Å². The van der Waals surface area contributed by atoms with Crippen LogP contribution in [0.25, 0.3) is 0 Å². The van der Waals surface area contributed by atoms with E-state index in [1.807, 2.05) is 6.07 Å². The molecular formula is C22H28O4. The standard InChI is InChI=1S/C12H16.C8H8O2.C2H4O2/c1-9(2)11-7-3-5-10-6-4-8-12(10)11;9-7-2-1-6-3-4-10-8(6)5-7;1-2(3)4/h3,5,7,9H,4,6,8H2,1-2H3;1-2,5,9H,3-4H2;1H3,(H,3,4). The third kappa shape index (κ3) is 5.51. The number of phenolic OH excluding ortho intramolecular Hbond substituents is 1. The summed E-state index contributed by atoms with van der Waals surface area (Å²) in [4.78, 5) is 9.00. The molecule has 4 nitrogen and oxygen atoms in total. The molecule has 2 N–H and O–H groups in total. The number of fused-ring (bicyclic) bond motifs is 2. The van der Waals surface area contributed by atoms with Crippen LogP contribution in [0, 0.1) is 0 Å². The topological polar surface area (TPSA) is 66.8 Å². The molecule has 0 bridgehead atoms. The lowest BCUT2D eigenvalue weighted by Gasteiger charge is -2.10. The number of carboxylic acid groups (broad SMARTS) is 1. The number of carbonyl (C=O) groups is 1. The number of benzene rings is 2. The van der Waals surface area contributed by atoms with Crippen LogP contribution in [0.5, 0.6) is 11.5 Å². The molecule has 0 spiro atoms. The second kappa shape index (κ2) is 9.27. The van der Waals surface area contributed by atoms with Gasteiger partial charge < -0.3 is 14.9 Å². The summed E-state index contributed by atoms with van der Waals surface area (Å²) in [5, 5.41) is 16.4. The number of phenols is 1. The van der Waals surface area contributed by atoms with Gasteiger partial charge in [-0.05, 0) is 53.5 Å². The van der Waals surface area contributed by atoms with E-state index < -0.39 is 5.97 Å². The van der Waals surface area contributed by atoms with Crippen molar-refractivity contribution in [2.24, 2.45) is 0 Å². The quantitative estimate of drug-likeness (QED) is 0.776. The monoisotopic (exact) mass is 356 g/mol. The van der Waals surface area contributed by atoms with Crippen molar-refractivity contribution in [1.29, 1.82) is 0 Å². The van der Waals surface area contributed by atoms with E-state index in [0.29, 0.717) is 5.92 Å². The molecule has 0 aromatic heterocycles. The Morgan fingerprint density at radius 1 is 1.08 bits per heavy atom. The average molecular weight is 356 g/mol. The van der Waals surface area contributed by atoms with Crippen molar-refractivity contribution in [3.63, 3.8) is 0 Å². The van der Waals surface area contributed by atoms with Gasteiger partial charge in [-0.25, -0.2) is 0 Å². The number of ether oxygens (including phenoxy) is 1. The Balaban J connectivity index is 0.000000158. The van der Waals surface area contributed by atoms with E-state index in [1.54, 1.807) is 28.8 Å². The number of hydrogen-bond donors (Lipinski definition) is 2. The number of carboxylic acids is 1. The molecule has 0 saturated heterocycles. The van der Waals surface area contributed by atoms with Crippen LogP contribution in [0.3, 0.4) is 0 Å². The van der Waals surface area contributed by atoms with Crippen LogP contribution in [0.2, 0.25) is 0 Å². The van der Waals surface area contributed by atoms with Crippen LogP contribution in [0.15, 0.2) is 36.4 Å². The maximum absolute atomic E-state index is 9.02. The van der Waals surface area contributed by atoms with E-state index in [9.17, 15) is 0 Å².